The van der Waals surface area contributed by atoms with Crippen LogP contribution in [-0.4, -0.2) is 73.9 Å². The number of thioether (sulfide) groups is 1. The van der Waals surface area contributed by atoms with Gasteiger partial charge in [0.2, 0.25) is 5.91 Å². The van der Waals surface area contributed by atoms with E-state index in [0.717, 1.165) is 67.9 Å². The molecule has 5 nitrogen and oxygen atoms in total. The zero-order valence-corrected chi connectivity index (χ0v) is 18.7. The van der Waals surface area contributed by atoms with Gasteiger partial charge in [-0.05, 0) is 42.7 Å². The van der Waals surface area contributed by atoms with Crippen LogP contribution in [0.1, 0.15) is 24.8 Å². The van der Waals surface area contributed by atoms with Crippen molar-refractivity contribution >= 4 is 33.6 Å². The molecule has 1 amide bonds. The van der Waals surface area contributed by atoms with Gasteiger partial charge in [0.15, 0.2) is 0 Å². The molecule has 0 aliphatic carbocycles. The molecule has 4 rings (SSSR count). The summed E-state index contributed by atoms with van der Waals surface area (Å²) in [5.41, 5.74) is 0.672. The van der Waals surface area contributed by atoms with Gasteiger partial charge in [-0.15, -0.1) is 0 Å². The average Bonchev–Trinajstić information content (AvgIpc) is 3.24. The lowest BCUT2D eigenvalue weighted by molar-refractivity contribution is -0.131. The standard InChI is InChI=1S/C21H29BrN2O3S/c22-18-3-1-17(2-4-18)21(5-10-26-11-6-21)19(25)23-15-20(7-14-28-16-20)24-8-12-27-13-9-24/h1-4H,5-16H2,(H,23,25). The highest BCUT2D eigenvalue weighted by molar-refractivity contribution is 9.10. The zero-order valence-electron chi connectivity index (χ0n) is 16.3. The molecule has 3 saturated heterocycles. The second kappa shape index (κ2) is 9.04. The Kier molecular flexibility index (Phi) is 6.67. The highest BCUT2D eigenvalue weighted by Gasteiger charge is 2.45. The first-order valence-corrected chi connectivity index (χ1v) is 12.1. The van der Waals surface area contributed by atoms with E-state index < -0.39 is 5.41 Å². The molecule has 1 aromatic carbocycles. The smallest absolute Gasteiger partial charge is 0.230 e. The molecule has 1 N–H and O–H groups in total. The van der Waals surface area contributed by atoms with E-state index in [0.29, 0.717) is 13.2 Å². The number of morpholine rings is 1. The summed E-state index contributed by atoms with van der Waals surface area (Å²) in [6.07, 6.45) is 2.60. The summed E-state index contributed by atoms with van der Waals surface area (Å²) in [7, 11) is 0. The maximum absolute atomic E-state index is 13.6. The van der Waals surface area contributed by atoms with Crippen molar-refractivity contribution in [3.05, 3.63) is 34.3 Å². The number of nitrogens with one attached hydrogen (secondary N) is 1. The van der Waals surface area contributed by atoms with E-state index in [4.69, 9.17) is 9.47 Å². The topological polar surface area (TPSA) is 50.8 Å². The molecule has 0 aromatic heterocycles. The van der Waals surface area contributed by atoms with Crippen molar-refractivity contribution in [2.24, 2.45) is 0 Å². The summed E-state index contributed by atoms with van der Waals surface area (Å²) in [6.45, 7) is 5.49. The Labute approximate surface area is 180 Å². The highest BCUT2D eigenvalue weighted by Crippen LogP contribution is 2.37. The summed E-state index contributed by atoms with van der Waals surface area (Å²) in [4.78, 5) is 16.1. The normalized spacial score (nSPS) is 28.2. The Morgan fingerprint density at radius 2 is 1.75 bits per heavy atom. The van der Waals surface area contributed by atoms with Gasteiger partial charge in [0.25, 0.3) is 0 Å². The predicted octanol–water partition coefficient (Wildman–Crippen LogP) is 2.82. The molecule has 0 saturated carbocycles. The lowest BCUT2D eigenvalue weighted by Crippen LogP contribution is -2.61. The molecule has 0 spiro atoms. The minimum Gasteiger partial charge on any atom is -0.381 e. The summed E-state index contributed by atoms with van der Waals surface area (Å²) in [5, 5.41) is 3.38. The molecule has 3 aliphatic heterocycles. The molecule has 28 heavy (non-hydrogen) atoms. The minimum atomic E-state index is -0.489. The Bertz CT molecular complexity index is 667. The van der Waals surface area contributed by atoms with Crippen LogP contribution in [0, 0.1) is 0 Å². The number of nitrogens with zero attached hydrogens (tertiary/aromatic N) is 1. The minimum absolute atomic E-state index is 0.0657. The Hall–Kier alpha value is -0.600. The molecular weight excluding hydrogens is 440 g/mol. The summed E-state index contributed by atoms with van der Waals surface area (Å²) >= 11 is 5.51. The van der Waals surface area contributed by atoms with Crippen LogP contribution in [0.4, 0.5) is 0 Å². The van der Waals surface area contributed by atoms with Crippen LogP contribution in [0.2, 0.25) is 0 Å². The molecule has 3 fully saturated rings. The molecular formula is C21H29BrN2O3S. The molecule has 1 aromatic rings. The number of hydrogen-bond acceptors (Lipinski definition) is 5. The number of ether oxygens (including phenoxy) is 2. The van der Waals surface area contributed by atoms with Crippen LogP contribution in [-0.2, 0) is 19.7 Å². The number of rotatable bonds is 5. The number of carbonyl (C=O) groups is 1. The molecule has 154 valence electrons. The van der Waals surface area contributed by atoms with Gasteiger partial charge < -0.3 is 14.8 Å². The van der Waals surface area contributed by atoms with Crippen molar-refractivity contribution in [2.75, 3.05) is 57.6 Å². The van der Waals surface area contributed by atoms with Crippen LogP contribution in [0.5, 0.6) is 0 Å². The zero-order chi connectivity index (χ0) is 19.5. The van der Waals surface area contributed by atoms with Gasteiger partial charge in [-0.25, -0.2) is 0 Å². The summed E-state index contributed by atoms with van der Waals surface area (Å²) in [5.74, 6) is 2.41. The van der Waals surface area contributed by atoms with E-state index in [1.165, 1.54) is 5.75 Å². The van der Waals surface area contributed by atoms with Crippen LogP contribution in [0.3, 0.4) is 0 Å². The molecule has 7 heteroatoms. The molecule has 1 atom stereocenters. The Balaban J connectivity index is 1.51. The van der Waals surface area contributed by atoms with Crippen molar-refractivity contribution in [3.8, 4) is 0 Å². The Morgan fingerprint density at radius 3 is 2.39 bits per heavy atom. The molecule has 1 unspecified atom stereocenters. The van der Waals surface area contributed by atoms with Gasteiger partial charge in [0.1, 0.15) is 0 Å². The fourth-order valence-corrected chi connectivity index (χ4v) is 6.43. The summed E-state index contributed by atoms with van der Waals surface area (Å²) in [6, 6.07) is 8.22. The maximum atomic E-state index is 13.6. The largest absolute Gasteiger partial charge is 0.381 e. The fourth-order valence-electron chi connectivity index (χ4n) is 4.68. The molecule has 3 heterocycles. The first kappa shape index (κ1) is 20.7. The van der Waals surface area contributed by atoms with Crippen LogP contribution in [0.25, 0.3) is 0 Å². The highest BCUT2D eigenvalue weighted by atomic mass is 79.9. The lowest BCUT2D eigenvalue weighted by atomic mass is 9.73. The third-order valence-electron chi connectivity index (χ3n) is 6.52. The van der Waals surface area contributed by atoms with Crippen molar-refractivity contribution in [2.45, 2.75) is 30.2 Å². The van der Waals surface area contributed by atoms with Crippen LogP contribution < -0.4 is 5.32 Å². The van der Waals surface area contributed by atoms with Crippen molar-refractivity contribution in [1.82, 2.24) is 10.2 Å². The quantitative estimate of drug-likeness (QED) is 0.719. The number of benzene rings is 1. The van der Waals surface area contributed by atoms with Gasteiger partial charge in [-0.2, -0.15) is 11.8 Å². The van der Waals surface area contributed by atoms with Crippen LogP contribution in [0.15, 0.2) is 28.7 Å². The molecule has 0 radical (unpaired) electrons. The van der Waals surface area contributed by atoms with E-state index >= 15 is 0 Å². The number of halogens is 1. The third-order valence-corrected chi connectivity index (χ3v) is 8.28. The lowest BCUT2D eigenvalue weighted by Gasteiger charge is -2.44. The maximum Gasteiger partial charge on any atom is 0.230 e. The van der Waals surface area contributed by atoms with Gasteiger partial charge in [-0.1, -0.05) is 28.1 Å². The number of carbonyl (C=O) groups excluding carboxylic acids is 1. The van der Waals surface area contributed by atoms with E-state index in [-0.39, 0.29) is 11.4 Å². The second-order valence-corrected chi connectivity index (χ2v) is 10.0. The first-order chi connectivity index (χ1) is 13.6. The van der Waals surface area contributed by atoms with E-state index in [1.54, 1.807) is 0 Å². The monoisotopic (exact) mass is 468 g/mol. The molecule has 0 bridgehead atoms. The van der Waals surface area contributed by atoms with Gasteiger partial charge in [-0.3, -0.25) is 9.69 Å². The first-order valence-electron chi connectivity index (χ1n) is 10.2. The third kappa shape index (κ3) is 4.15. The number of amides is 1. The van der Waals surface area contributed by atoms with Crippen molar-refractivity contribution < 1.29 is 14.3 Å². The van der Waals surface area contributed by atoms with E-state index in [9.17, 15) is 4.79 Å². The molecule has 3 aliphatic rings. The van der Waals surface area contributed by atoms with Gasteiger partial charge >= 0.3 is 0 Å². The Morgan fingerprint density at radius 1 is 1.07 bits per heavy atom. The number of hydrogen-bond donors (Lipinski definition) is 1. The van der Waals surface area contributed by atoms with Gasteiger partial charge in [0.05, 0.1) is 18.6 Å². The fraction of sp³-hybridized carbons (Fsp3) is 0.667. The van der Waals surface area contributed by atoms with Crippen molar-refractivity contribution in [1.29, 1.82) is 0 Å². The second-order valence-electron chi connectivity index (χ2n) is 8.01. The average molecular weight is 469 g/mol. The van der Waals surface area contributed by atoms with E-state index in [2.05, 4.69) is 38.3 Å². The van der Waals surface area contributed by atoms with E-state index in [1.807, 2.05) is 23.9 Å². The van der Waals surface area contributed by atoms with Crippen molar-refractivity contribution in [3.63, 3.8) is 0 Å². The van der Waals surface area contributed by atoms with Crippen LogP contribution >= 0.6 is 27.7 Å². The van der Waals surface area contributed by atoms with Gasteiger partial charge in [0, 0.05) is 48.6 Å². The SMILES string of the molecule is O=C(NCC1(N2CCOCC2)CCSC1)C1(c2ccc(Br)cc2)CCOCC1. The predicted molar refractivity (Wildman–Crippen MR) is 116 cm³/mol. The summed E-state index contributed by atoms with van der Waals surface area (Å²) < 4.78 is 12.2.